The van der Waals surface area contributed by atoms with Crippen molar-refractivity contribution in [2.45, 2.75) is 64.0 Å². The molecular weight excluding hydrogens is 440 g/mol. The number of carbonyl (C=O) groups excluding carboxylic acids is 1. The molecule has 0 spiro atoms. The number of likely N-dealkylation sites (N-methyl/N-ethyl adjacent to an activating group) is 1. The van der Waals surface area contributed by atoms with Crippen molar-refractivity contribution in [3.63, 3.8) is 0 Å². The molecule has 1 N–H and O–H groups in total. The Kier molecular flexibility index (Phi) is 8.09. The SMILES string of the molecule is CC(C)CC#Cc1ccc2c(c1)O[C@@H](CN(C)C(=O)C1CC1)[C@@H](C)CN([C@H](C)CO)S2(=O)=O. The van der Waals surface area contributed by atoms with Crippen LogP contribution in [-0.4, -0.2) is 67.5 Å². The van der Waals surface area contributed by atoms with Crippen molar-refractivity contribution < 1.29 is 23.1 Å². The molecule has 33 heavy (non-hydrogen) atoms. The molecule has 3 rings (SSSR count). The Bertz CT molecular complexity index is 1020. The first-order chi connectivity index (χ1) is 15.5. The Morgan fingerprint density at radius 1 is 1.30 bits per heavy atom. The topological polar surface area (TPSA) is 87.2 Å². The number of rotatable bonds is 6. The first-order valence-electron chi connectivity index (χ1n) is 11.7. The van der Waals surface area contributed by atoms with Crippen LogP contribution < -0.4 is 4.74 Å². The van der Waals surface area contributed by atoms with Gasteiger partial charge in [-0.15, -0.1) is 0 Å². The lowest BCUT2D eigenvalue weighted by atomic mass is 10.0. The highest BCUT2D eigenvalue weighted by Gasteiger charge is 2.39. The largest absolute Gasteiger partial charge is 0.487 e. The lowest BCUT2D eigenvalue weighted by molar-refractivity contribution is -0.132. The van der Waals surface area contributed by atoms with E-state index in [0.29, 0.717) is 18.0 Å². The molecule has 3 atom stereocenters. The summed E-state index contributed by atoms with van der Waals surface area (Å²) in [7, 11) is -2.12. The van der Waals surface area contributed by atoms with E-state index in [-0.39, 0.29) is 41.5 Å². The van der Waals surface area contributed by atoms with E-state index >= 15 is 0 Å². The first kappa shape index (κ1) is 25.5. The molecule has 8 heteroatoms. The second kappa shape index (κ2) is 10.5. The van der Waals surface area contributed by atoms with Gasteiger partial charge in [-0.1, -0.05) is 32.6 Å². The standard InChI is InChI=1S/C25H36N2O5S/c1-17(2)7-6-8-20-9-12-24-22(13-20)32-23(15-26(5)25(29)21-10-11-21)18(3)14-27(19(4)16-28)33(24,30)31/h9,12-13,17-19,21,23,28H,7,10-11,14-16H2,1-5H3/t18-,19+,23-/m0/s1. The number of carbonyl (C=O) groups is 1. The summed E-state index contributed by atoms with van der Waals surface area (Å²) < 4.78 is 34.7. The molecule has 182 valence electrons. The van der Waals surface area contributed by atoms with Gasteiger partial charge >= 0.3 is 0 Å². The molecule has 1 fully saturated rings. The van der Waals surface area contributed by atoms with E-state index in [9.17, 15) is 18.3 Å². The van der Waals surface area contributed by atoms with Crippen molar-refractivity contribution in [3.05, 3.63) is 23.8 Å². The number of fused-ring (bicyclic) bond motifs is 1. The predicted octanol–water partition coefficient (Wildman–Crippen LogP) is 2.72. The number of hydrogen-bond acceptors (Lipinski definition) is 5. The van der Waals surface area contributed by atoms with E-state index in [2.05, 4.69) is 25.7 Å². The number of sulfonamides is 1. The highest BCUT2D eigenvalue weighted by atomic mass is 32.2. The van der Waals surface area contributed by atoms with Crippen LogP contribution in [0.2, 0.25) is 0 Å². The molecule has 1 amide bonds. The number of nitrogens with zero attached hydrogens (tertiary/aromatic N) is 2. The Morgan fingerprint density at radius 3 is 2.61 bits per heavy atom. The normalized spacial score (nSPS) is 23.4. The number of aliphatic hydroxyl groups is 1. The zero-order chi connectivity index (χ0) is 24.3. The minimum Gasteiger partial charge on any atom is -0.487 e. The maximum atomic E-state index is 13.5. The third kappa shape index (κ3) is 6.08. The summed E-state index contributed by atoms with van der Waals surface area (Å²) in [6.07, 6.45) is 2.18. The number of benzene rings is 1. The Labute approximate surface area is 198 Å². The third-order valence-electron chi connectivity index (χ3n) is 6.17. The number of amides is 1. The Hall–Kier alpha value is -2.08. The molecule has 0 aromatic heterocycles. The minimum absolute atomic E-state index is 0.0604. The third-order valence-corrected chi connectivity index (χ3v) is 8.19. The van der Waals surface area contributed by atoms with Crippen LogP contribution in [0.5, 0.6) is 5.75 Å². The van der Waals surface area contributed by atoms with Gasteiger partial charge in [0.25, 0.3) is 0 Å². The lowest BCUT2D eigenvalue weighted by Gasteiger charge is -2.37. The maximum absolute atomic E-state index is 13.5. The molecule has 1 aromatic carbocycles. The van der Waals surface area contributed by atoms with Crippen LogP contribution in [0, 0.1) is 29.6 Å². The predicted molar refractivity (Wildman–Crippen MR) is 127 cm³/mol. The molecule has 1 heterocycles. The average Bonchev–Trinajstić information content (AvgIpc) is 3.60. The molecule has 1 saturated carbocycles. The summed E-state index contributed by atoms with van der Waals surface area (Å²) >= 11 is 0. The van der Waals surface area contributed by atoms with Crippen LogP contribution in [0.15, 0.2) is 23.1 Å². The number of ether oxygens (including phenoxy) is 1. The van der Waals surface area contributed by atoms with Gasteiger partial charge in [-0.05, 0) is 43.9 Å². The molecule has 0 saturated heterocycles. The van der Waals surface area contributed by atoms with Crippen LogP contribution >= 0.6 is 0 Å². The summed E-state index contributed by atoms with van der Waals surface area (Å²) in [6.45, 7) is 8.06. The van der Waals surface area contributed by atoms with Gasteiger partial charge in [-0.25, -0.2) is 8.42 Å². The highest BCUT2D eigenvalue weighted by Crippen LogP contribution is 2.35. The van der Waals surface area contributed by atoms with Gasteiger partial charge in [0.15, 0.2) is 0 Å². The van der Waals surface area contributed by atoms with Gasteiger partial charge in [-0.3, -0.25) is 4.79 Å². The van der Waals surface area contributed by atoms with Crippen molar-refractivity contribution in [2.24, 2.45) is 17.8 Å². The quantitative estimate of drug-likeness (QED) is 0.638. The van der Waals surface area contributed by atoms with Crippen molar-refractivity contribution in [1.29, 1.82) is 0 Å². The van der Waals surface area contributed by atoms with Crippen LogP contribution in [-0.2, 0) is 14.8 Å². The minimum atomic E-state index is -3.89. The van der Waals surface area contributed by atoms with Crippen LogP contribution in [0.1, 0.15) is 52.5 Å². The first-order valence-corrected chi connectivity index (χ1v) is 13.2. The van der Waals surface area contributed by atoms with Gasteiger partial charge in [0.05, 0.1) is 13.2 Å². The summed E-state index contributed by atoms with van der Waals surface area (Å²) in [5.74, 6) is 6.91. The molecule has 1 aliphatic carbocycles. The molecule has 7 nitrogen and oxygen atoms in total. The molecule has 0 bridgehead atoms. The van der Waals surface area contributed by atoms with Gasteiger partial charge in [0.2, 0.25) is 15.9 Å². The lowest BCUT2D eigenvalue weighted by Crippen LogP contribution is -2.50. The molecule has 0 radical (unpaired) electrons. The zero-order valence-electron chi connectivity index (χ0n) is 20.2. The maximum Gasteiger partial charge on any atom is 0.247 e. The van der Waals surface area contributed by atoms with E-state index in [4.69, 9.17) is 4.74 Å². The van der Waals surface area contributed by atoms with Crippen molar-refractivity contribution in [2.75, 3.05) is 26.7 Å². The summed E-state index contributed by atoms with van der Waals surface area (Å²) in [5.41, 5.74) is 0.681. The summed E-state index contributed by atoms with van der Waals surface area (Å²) in [5, 5.41) is 9.75. The molecule has 1 aliphatic heterocycles. The molecule has 1 aromatic rings. The fourth-order valence-corrected chi connectivity index (χ4v) is 5.71. The fourth-order valence-electron chi connectivity index (χ4n) is 3.88. The second-order valence-corrected chi connectivity index (χ2v) is 11.7. The van der Waals surface area contributed by atoms with E-state index < -0.39 is 22.2 Å². The van der Waals surface area contributed by atoms with Gasteiger partial charge in [0, 0.05) is 43.5 Å². The van der Waals surface area contributed by atoms with Crippen molar-refractivity contribution in [3.8, 4) is 17.6 Å². The van der Waals surface area contributed by atoms with Crippen LogP contribution in [0.25, 0.3) is 0 Å². The van der Waals surface area contributed by atoms with E-state index in [0.717, 1.165) is 19.3 Å². The summed E-state index contributed by atoms with van der Waals surface area (Å²) in [4.78, 5) is 14.3. The van der Waals surface area contributed by atoms with Crippen molar-refractivity contribution >= 4 is 15.9 Å². The smallest absolute Gasteiger partial charge is 0.247 e. The second-order valence-electron chi connectivity index (χ2n) is 9.79. The molecule has 2 aliphatic rings. The highest BCUT2D eigenvalue weighted by molar-refractivity contribution is 7.89. The monoisotopic (exact) mass is 476 g/mol. The van der Waals surface area contributed by atoms with Gasteiger partial charge in [0.1, 0.15) is 16.7 Å². The zero-order valence-corrected chi connectivity index (χ0v) is 21.1. The molecular formula is C25H36N2O5S. The average molecular weight is 477 g/mol. The molecule has 0 unspecified atom stereocenters. The number of hydrogen-bond donors (Lipinski definition) is 1. The van der Waals surface area contributed by atoms with Crippen LogP contribution in [0.3, 0.4) is 0 Å². The van der Waals surface area contributed by atoms with Crippen LogP contribution in [0.4, 0.5) is 0 Å². The Morgan fingerprint density at radius 2 is 2.00 bits per heavy atom. The van der Waals surface area contributed by atoms with Gasteiger partial charge in [-0.2, -0.15) is 4.31 Å². The fraction of sp³-hybridized carbons (Fsp3) is 0.640. The van der Waals surface area contributed by atoms with E-state index in [1.54, 1.807) is 31.0 Å². The van der Waals surface area contributed by atoms with E-state index in [1.807, 2.05) is 6.92 Å². The Balaban J connectivity index is 2.00. The summed E-state index contributed by atoms with van der Waals surface area (Å²) in [6, 6.07) is 4.32. The number of aliphatic hydroxyl groups excluding tert-OH is 1. The van der Waals surface area contributed by atoms with Gasteiger partial charge < -0.3 is 14.7 Å². The van der Waals surface area contributed by atoms with E-state index in [1.165, 1.54) is 10.4 Å². The van der Waals surface area contributed by atoms with Crippen molar-refractivity contribution in [1.82, 2.24) is 9.21 Å².